The van der Waals surface area contributed by atoms with Gasteiger partial charge in [0.25, 0.3) is 0 Å². The zero-order valence-corrected chi connectivity index (χ0v) is 9.26. The number of hydrogen-bond acceptors (Lipinski definition) is 1. The third-order valence-electron chi connectivity index (χ3n) is 1.77. The first-order chi connectivity index (χ1) is 6.66. The topological polar surface area (TPSA) is 0 Å². The fraction of sp³-hybridized carbons (Fsp3) is 0. The molecular formula is C10H5Cl2FS. The van der Waals surface area contributed by atoms with Crippen molar-refractivity contribution in [2.45, 2.75) is 0 Å². The molecule has 0 saturated carbocycles. The van der Waals surface area contributed by atoms with E-state index in [1.807, 2.05) is 6.07 Å². The maximum Gasteiger partial charge on any atom is 0.124 e. The fourth-order valence-corrected chi connectivity index (χ4v) is 2.56. The Morgan fingerprint density at radius 1 is 1.07 bits per heavy atom. The van der Waals surface area contributed by atoms with E-state index in [9.17, 15) is 4.39 Å². The lowest BCUT2D eigenvalue weighted by Gasteiger charge is -2.00. The van der Waals surface area contributed by atoms with Crippen LogP contribution in [0, 0.1) is 5.82 Å². The normalized spacial score (nSPS) is 10.5. The third kappa shape index (κ3) is 1.92. The van der Waals surface area contributed by atoms with Gasteiger partial charge in [-0.3, -0.25) is 0 Å². The van der Waals surface area contributed by atoms with Crippen LogP contribution in [0.15, 0.2) is 30.3 Å². The summed E-state index contributed by atoms with van der Waals surface area (Å²) < 4.78 is 13.5. The quantitative estimate of drug-likeness (QED) is 0.674. The van der Waals surface area contributed by atoms with Crippen LogP contribution in [0.3, 0.4) is 0 Å². The number of halogens is 3. The van der Waals surface area contributed by atoms with Crippen molar-refractivity contribution in [2.75, 3.05) is 0 Å². The average Bonchev–Trinajstić information content (AvgIpc) is 2.51. The minimum Gasteiger partial charge on any atom is -0.207 e. The van der Waals surface area contributed by atoms with E-state index < -0.39 is 0 Å². The molecule has 1 aromatic heterocycles. The number of rotatable bonds is 1. The molecule has 0 aliphatic heterocycles. The first-order valence-electron chi connectivity index (χ1n) is 3.87. The molecule has 0 unspecified atom stereocenters. The first kappa shape index (κ1) is 9.97. The van der Waals surface area contributed by atoms with Crippen molar-refractivity contribution in [1.82, 2.24) is 0 Å². The van der Waals surface area contributed by atoms with Gasteiger partial charge >= 0.3 is 0 Å². The molecule has 0 saturated heterocycles. The highest BCUT2D eigenvalue weighted by atomic mass is 35.5. The molecule has 2 rings (SSSR count). The first-order valence-corrected chi connectivity index (χ1v) is 5.45. The summed E-state index contributed by atoms with van der Waals surface area (Å²) in [6.45, 7) is 0. The molecule has 0 fully saturated rings. The second-order valence-corrected chi connectivity index (χ2v) is 4.85. The van der Waals surface area contributed by atoms with Gasteiger partial charge in [-0.1, -0.05) is 23.2 Å². The smallest absolute Gasteiger partial charge is 0.124 e. The van der Waals surface area contributed by atoms with Crippen molar-refractivity contribution in [1.29, 1.82) is 0 Å². The van der Waals surface area contributed by atoms with Crippen LogP contribution in [0.4, 0.5) is 4.39 Å². The van der Waals surface area contributed by atoms with Crippen molar-refractivity contribution in [2.24, 2.45) is 0 Å². The minimum absolute atomic E-state index is 0.332. The molecule has 14 heavy (non-hydrogen) atoms. The van der Waals surface area contributed by atoms with Crippen LogP contribution in [0.5, 0.6) is 0 Å². The van der Waals surface area contributed by atoms with Crippen molar-refractivity contribution < 1.29 is 4.39 Å². The van der Waals surface area contributed by atoms with E-state index in [1.165, 1.54) is 23.5 Å². The van der Waals surface area contributed by atoms with Crippen LogP contribution in [-0.4, -0.2) is 0 Å². The summed E-state index contributed by atoms with van der Waals surface area (Å²) in [6.07, 6.45) is 0. The second kappa shape index (κ2) is 3.89. The molecule has 0 radical (unpaired) electrons. The zero-order chi connectivity index (χ0) is 10.1. The van der Waals surface area contributed by atoms with Gasteiger partial charge in [0, 0.05) is 10.4 Å². The summed E-state index contributed by atoms with van der Waals surface area (Å²) in [6, 6.07) is 7.99. The molecule has 0 aliphatic rings. The van der Waals surface area contributed by atoms with Gasteiger partial charge in [0.2, 0.25) is 0 Å². The molecule has 0 bridgehead atoms. The molecule has 0 nitrogen and oxygen atoms in total. The molecule has 1 heterocycles. The maximum absolute atomic E-state index is 12.8. The lowest BCUT2D eigenvalue weighted by molar-refractivity contribution is 0.628. The number of hydrogen-bond donors (Lipinski definition) is 0. The van der Waals surface area contributed by atoms with Crippen LogP contribution >= 0.6 is 34.5 Å². The van der Waals surface area contributed by atoms with E-state index in [0.717, 1.165) is 10.4 Å². The highest BCUT2D eigenvalue weighted by Crippen LogP contribution is 2.35. The van der Waals surface area contributed by atoms with E-state index in [0.29, 0.717) is 9.36 Å². The van der Waals surface area contributed by atoms with Crippen molar-refractivity contribution in [3.63, 3.8) is 0 Å². The van der Waals surface area contributed by atoms with Crippen molar-refractivity contribution in [3.05, 3.63) is 45.5 Å². The highest BCUT2D eigenvalue weighted by molar-refractivity contribution is 7.19. The summed E-state index contributed by atoms with van der Waals surface area (Å²) in [4.78, 5) is 0.944. The van der Waals surface area contributed by atoms with E-state index in [1.54, 1.807) is 12.1 Å². The van der Waals surface area contributed by atoms with Crippen LogP contribution in [0.25, 0.3) is 10.4 Å². The molecule has 2 aromatic rings. The number of benzene rings is 1. The van der Waals surface area contributed by atoms with Gasteiger partial charge in [-0.25, -0.2) is 4.39 Å². The van der Waals surface area contributed by atoms with Crippen molar-refractivity contribution in [3.8, 4) is 10.4 Å². The molecule has 1 aromatic carbocycles. The molecule has 72 valence electrons. The molecule has 0 amide bonds. The van der Waals surface area contributed by atoms with Crippen LogP contribution in [-0.2, 0) is 0 Å². The van der Waals surface area contributed by atoms with Gasteiger partial charge in [-0.05, 0) is 30.3 Å². The van der Waals surface area contributed by atoms with Gasteiger partial charge in [0.1, 0.15) is 5.82 Å². The second-order valence-electron chi connectivity index (χ2n) is 2.73. The molecule has 0 spiro atoms. The Hall–Kier alpha value is -0.570. The summed E-state index contributed by atoms with van der Waals surface area (Å²) in [5, 5.41) is 0.406. The summed E-state index contributed by atoms with van der Waals surface area (Å²) in [5.41, 5.74) is 0.810. The molecule has 0 N–H and O–H groups in total. The zero-order valence-electron chi connectivity index (χ0n) is 6.93. The van der Waals surface area contributed by atoms with Gasteiger partial charge in [-0.2, -0.15) is 0 Å². The Morgan fingerprint density at radius 3 is 2.43 bits per heavy atom. The van der Waals surface area contributed by atoms with E-state index >= 15 is 0 Å². The fourth-order valence-electron chi connectivity index (χ4n) is 1.15. The predicted octanol–water partition coefficient (Wildman–Crippen LogP) is 4.86. The maximum atomic E-state index is 12.8. The molecule has 0 aliphatic carbocycles. The third-order valence-corrected chi connectivity index (χ3v) is 3.35. The summed E-state index contributed by atoms with van der Waals surface area (Å²) in [5.74, 6) is -0.332. The van der Waals surface area contributed by atoms with Crippen LogP contribution in [0.2, 0.25) is 9.36 Å². The van der Waals surface area contributed by atoms with Gasteiger partial charge in [0.05, 0.1) is 9.36 Å². The molecular weight excluding hydrogens is 242 g/mol. The molecule has 4 heteroatoms. The average molecular weight is 247 g/mol. The summed E-state index contributed by atoms with van der Waals surface area (Å²) in [7, 11) is 0. The molecule has 0 atom stereocenters. The van der Waals surface area contributed by atoms with Crippen LogP contribution in [0.1, 0.15) is 0 Å². The van der Waals surface area contributed by atoms with E-state index in [4.69, 9.17) is 23.2 Å². The Morgan fingerprint density at radius 2 is 1.86 bits per heavy atom. The summed E-state index contributed by atoms with van der Waals surface area (Å²) >= 11 is 13.1. The Bertz CT molecular complexity index is 465. The van der Waals surface area contributed by atoms with E-state index in [2.05, 4.69) is 0 Å². The lowest BCUT2D eigenvalue weighted by Crippen LogP contribution is -1.77. The minimum atomic E-state index is -0.332. The Labute approximate surface area is 94.9 Å². The monoisotopic (exact) mass is 246 g/mol. The lowest BCUT2D eigenvalue weighted by atomic mass is 10.2. The van der Waals surface area contributed by atoms with Gasteiger partial charge in [0.15, 0.2) is 0 Å². The van der Waals surface area contributed by atoms with Gasteiger partial charge in [-0.15, -0.1) is 11.3 Å². The SMILES string of the molecule is Fc1ccc(-c2ccc(Cl)s2)c(Cl)c1. The predicted molar refractivity (Wildman–Crippen MR) is 59.7 cm³/mol. The van der Waals surface area contributed by atoms with Crippen LogP contribution < -0.4 is 0 Å². The highest BCUT2D eigenvalue weighted by Gasteiger charge is 2.06. The Kier molecular flexibility index (Phi) is 2.77. The standard InChI is InChI=1S/C10H5Cl2FS/c11-8-5-6(13)1-2-7(8)9-3-4-10(12)14-9/h1-5H. The van der Waals surface area contributed by atoms with Gasteiger partial charge < -0.3 is 0 Å². The van der Waals surface area contributed by atoms with Crippen molar-refractivity contribution >= 4 is 34.5 Å². The largest absolute Gasteiger partial charge is 0.207 e. The number of thiophene rings is 1. The Balaban J connectivity index is 2.52. The van der Waals surface area contributed by atoms with E-state index in [-0.39, 0.29) is 5.82 Å².